The van der Waals surface area contributed by atoms with Gasteiger partial charge in [0, 0.05) is 25.7 Å². The van der Waals surface area contributed by atoms with E-state index in [2.05, 4.69) is 41.5 Å². The van der Waals surface area contributed by atoms with Crippen molar-refractivity contribution in [3.05, 3.63) is 0 Å². The smallest absolute Gasteiger partial charge is 0.462 e. The molecule has 3 unspecified atom stereocenters. The molecule has 462 valence electrons. The number of phosphoric acid groups is 2. The van der Waals surface area contributed by atoms with Crippen LogP contribution in [0.25, 0.3) is 0 Å². The SMILES string of the molecule is CCCCCCCCCC(=O)OC[C@H](COP(=O)(O)OC[C@H](O)COP(=O)(O)OC[C@@H](COC(=O)CCCCCCCCC(C)CC)OC(=O)CCCCCCCCCCCCCC(C)C)OC(=O)CCCCCCCCC. The first-order chi connectivity index (χ1) is 37.4. The van der Waals surface area contributed by atoms with E-state index < -0.39 is 97.5 Å². The third kappa shape index (κ3) is 52.2. The quantitative estimate of drug-likeness (QED) is 0.0222. The van der Waals surface area contributed by atoms with Gasteiger partial charge < -0.3 is 33.8 Å². The number of esters is 4. The first kappa shape index (κ1) is 76.1. The lowest BCUT2D eigenvalue weighted by molar-refractivity contribution is -0.161. The zero-order valence-electron chi connectivity index (χ0n) is 50.0. The number of hydrogen-bond donors (Lipinski definition) is 3. The summed E-state index contributed by atoms with van der Waals surface area (Å²) in [6, 6.07) is 0. The molecule has 6 atom stereocenters. The van der Waals surface area contributed by atoms with Gasteiger partial charge in [-0.05, 0) is 37.5 Å². The highest BCUT2D eigenvalue weighted by Gasteiger charge is 2.30. The van der Waals surface area contributed by atoms with Gasteiger partial charge in [-0.25, -0.2) is 9.13 Å². The van der Waals surface area contributed by atoms with Gasteiger partial charge in [-0.3, -0.25) is 37.3 Å². The molecular formula is C59H114O17P2. The average Bonchev–Trinajstić information content (AvgIpc) is 3.40. The van der Waals surface area contributed by atoms with E-state index in [4.69, 9.17) is 37.0 Å². The minimum atomic E-state index is -4.94. The largest absolute Gasteiger partial charge is 0.472 e. The number of phosphoric ester groups is 2. The van der Waals surface area contributed by atoms with Crippen molar-refractivity contribution in [2.45, 2.75) is 304 Å². The van der Waals surface area contributed by atoms with E-state index in [9.17, 15) is 43.2 Å². The second kappa shape index (κ2) is 51.9. The first-order valence-corrected chi connectivity index (χ1v) is 34.0. The Labute approximate surface area is 473 Å². The lowest BCUT2D eigenvalue weighted by atomic mass is 10.00. The Kier molecular flexibility index (Phi) is 50.6. The predicted molar refractivity (Wildman–Crippen MR) is 308 cm³/mol. The van der Waals surface area contributed by atoms with E-state index in [0.717, 1.165) is 134 Å². The molecule has 0 fully saturated rings. The first-order valence-electron chi connectivity index (χ1n) is 31.0. The summed E-state index contributed by atoms with van der Waals surface area (Å²) in [6.45, 7) is 9.33. The molecule has 3 N–H and O–H groups in total. The maximum absolute atomic E-state index is 12.9. The minimum Gasteiger partial charge on any atom is -0.462 e. The summed E-state index contributed by atoms with van der Waals surface area (Å²) in [6.07, 6.45) is 32.3. The lowest BCUT2D eigenvalue weighted by Crippen LogP contribution is -2.30. The molecule has 19 heteroatoms. The fourth-order valence-electron chi connectivity index (χ4n) is 8.61. The van der Waals surface area contributed by atoms with Crippen molar-refractivity contribution in [1.82, 2.24) is 0 Å². The second-order valence-corrected chi connectivity index (χ2v) is 25.0. The maximum atomic E-state index is 12.9. The molecule has 0 heterocycles. The third-order valence-corrected chi connectivity index (χ3v) is 15.7. The highest BCUT2D eigenvalue weighted by Crippen LogP contribution is 2.45. The van der Waals surface area contributed by atoms with E-state index in [-0.39, 0.29) is 25.7 Å². The molecule has 0 saturated carbocycles. The van der Waals surface area contributed by atoms with Crippen molar-refractivity contribution in [2.24, 2.45) is 11.8 Å². The third-order valence-electron chi connectivity index (χ3n) is 13.8. The molecule has 78 heavy (non-hydrogen) atoms. The van der Waals surface area contributed by atoms with Crippen molar-refractivity contribution in [3.63, 3.8) is 0 Å². The molecule has 0 bridgehead atoms. The standard InChI is InChI=1S/C59H114O17P2/c1-7-10-12-14-21-29-35-41-56(61)69-47-54(75-58(63)43-37-31-22-15-13-11-8-2)49-73-77(65,66)71-45-53(60)46-72-78(67,68)74-50-55(48-70-57(62)42-36-30-26-25-28-34-40-52(6)9-3)76-59(64)44-38-32-24-20-18-16-17-19-23-27-33-39-51(4)5/h51-55,60H,7-50H2,1-6H3,(H,65,66)(H,67,68)/t52?,53-,54+,55+/m0/s1. The zero-order chi connectivity index (χ0) is 58.0. The van der Waals surface area contributed by atoms with E-state index in [1.165, 1.54) is 70.6 Å². The predicted octanol–water partition coefficient (Wildman–Crippen LogP) is 15.7. The number of hydrogen-bond acceptors (Lipinski definition) is 15. The van der Waals surface area contributed by atoms with Crippen molar-refractivity contribution >= 4 is 39.5 Å². The Morgan fingerprint density at radius 1 is 0.372 bits per heavy atom. The van der Waals surface area contributed by atoms with Crippen molar-refractivity contribution < 1.29 is 80.2 Å². The lowest BCUT2D eigenvalue weighted by Gasteiger charge is -2.21. The number of carbonyl (C=O) groups excluding carboxylic acids is 4. The number of unbranched alkanes of at least 4 members (excludes halogenated alkanes) is 27. The van der Waals surface area contributed by atoms with E-state index in [1.807, 2.05) is 0 Å². The summed E-state index contributed by atoms with van der Waals surface area (Å²) in [5.74, 6) is -0.654. The van der Waals surface area contributed by atoms with Crippen LogP contribution in [0, 0.1) is 11.8 Å². The molecule has 0 aliphatic rings. The molecular weight excluding hydrogens is 1040 g/mol. The van der Waals surface area contributed by atoms with Crippen molar-refractivity contribution in [1.29, 1.82) is 0 Å². The summed E-state index contributed by atoms with van der Waals surface area (Å²) >= 11 is 0. The monoisotopic (exact) mass is 1160 g/mol. The van der Waals surface area contributed by atoms with Crippen LogP contribution in [0.4, 0.5) is 0 Å². The van der Waals surface area contributed by atoms with Crippen LogP contribution < -0.4 is 0 Å². The highest BCUT2D eigenvalue weighted by molar-refractivity contribution is 7.47. The molecule has 0 amide bonds. The molecule has 17 nitrogen and oxygen atoms in total. The molecule has 0 aromatic carbocycles. The number of aliphatic hydroxyl groups is 1. The topological polar surface area (TPSA) is 237 Å². The summed E-state index contributed by atoms with van der Waals surface area (Å²) in [4.78, 5) is 71.7. The molecule has 0 radical (unpaired) electrons. The second-order valence-electron chi connectivity index (χ2n) is 22.1. The zero-order valence-corrected chi connectivity index (χ0v) is 51.7. The van der Waals surface area contributed by atoms with Crippen molar-refractivity contribution in [2.75, 3.05) is 39.6 Å². The van der Waals surface area contributed by atoms with Crippen LogP contribution in [0.15, 0.2) is 0 Å². The van der Waals surface area contributed by atoms with Gasteiger partial charge in [0.1, 0.15) is 19.3 Å². The molecule has 0 aromatic rings. The van der Waals surface area contributed by atoms with E-state index >= 15 is 0 Å². The maximum Gasteiger partial charge on any atom is 0.472 e. The van der Waals surface area contributed by atoms with Gasteiger partial charge in [0.05, 0.1) is 26.4 Å². The van der Waals surface area contributed by atoms with Crippen molar-refractivity contribution in [3.8, 4) is 0 Å². The summed E-state index contributed by atoms with van der Waals surface area (Å²) in [7, 11) is -9.87. The fraction of sp³-hybridized carbons (Fsp3) is 0.932. The number of rotatable bonds is 58. The molecule has 0 aliphatic carbocycles. The number of ether oxygens (including phenoxy) is 4. The van der Waals surface area contributed by atoms with Gasteiger partial charge in [0.25, 0.3) is 0 Å². The minimum absolute atomic E-state index is 0.103. The Morgan fingerprint density at radius 3 is 0.974 bits per heavy atom. The van der Waals surface area contributed by atoms with Gasteiger partial charge in [0.2, 0.25) is 0 Å². The summed E-state index contributed by atoms with van der Waals surface area (Å²) < 4.78 is 67.6. The van der Waals surface area contributed by atoms with E-state index in [0.29, 0.717) is 25.7 Å². The van der Waals surface area contributed by atoms with Crippen LogP contribution in [0.2, 0.25) is 0 Å². The average molecular weight is 1160 g/mol. The Balaban J connectivity index is 5.20. The van der Waals surface area contributed by atoms with Gasteiger partial charge >= 0.3 is 39.5 Å². The van der Waals surface area contributed by atoms with Crippen LogP contribution >= 0.6 is 15.6 Å². The van der Waals surface area contributed by atoms with Crippen LogP contribution in [0.1, 0.15) is 286 Å². The molecule has 0 rings (SSSR count). The Morgan fingerprint density at radius 2 is 0.654 bits per heavy atom. The van der Waals surface area contributed by atoms with Crippen LogP contribution in [-0.4, -0.2) is 96.7 Å². The number of aliphatic hydroxyl groups excluding tert-OH is 1. The molecule has 0 aromatic heterocycles. The van der Waals surface area contributed by atoms with Gasteiger partial charge in [0.15, 0.2) is 12.2 Å². The van der Waals surface area contributed by atoms with Gasteiger partial charge in [-0.15, -0.1) is 0 Å². The van der Waals surface area contributed by atoms with Gasteiger partial charge in [-0.1, -0.05) is 234 Å². The molecule has 0 aliphatic heterocycles. The normalized spacial score (nSPS) is 14.8. The van der Waals surface area contributed by atoms with Gasteiger partial charge in [-0.2, -0.15) is 0 Å². The molecule has 0 spiro atoms. The van der Waals surface area contributed by atoms with Crippen LogP contribution in [0.5, 0.6) is 0 Å². The van der Waals surface area contributed by atoms with E-state index in [1.54, 1.807) is 0 Å². The van der Waals surface area contributed by atoms with Crippen LogP contribution in [-0.2, 0) is 65.4 Å². The Bertz CT molecular complexity index is 1550. The Hall–Kier alpha value is -1.94. The fourth-order valence-corrected chi connectivity index (χ4v) is 10.2. The summed E-state index contributed by atoms with van der Waals surface area (Å²) in [5.41, 5.74) is 0. The van der Waals surface area contributed by atoms with Crippen LogP contribution in [0.3, 0.4) is 0 Å². The summed E-state index contributed by atoms with van der Waals surface area (Å²) in [5, 5.41) is 10.5. The molecule has 0 saturated heterocycles. The number of carbonyl (C=O) groups is 4. The highest BCUT2D eigenvalue weighted by atomic mass is 31.2.